The van der Waals surface area contributed by atoms with E-state index in [4.69, 9.17) is 4.74 Å². The van der Waals surface area contributed by atoms with Gasteiger partial charge in [-0.05, 0) is 48.9 Å². The van der Waals surface area contributed by atoms with Gasteiger partial charge in [-0.3, -0.25) is 4.79 Å². The van der Waals surface area contributed by atoms with Gasteiger partial charge in [0.25, 0.3) is 5.91 Å². The van der Waals surface area contributed by atoms with Gasteiger partial charge in [-0.1, -0.05) is 12.1 Å². The first-order valence-corrected chi connectivity index (χ1v) is 9.34. The van der Waals surface area contributed by atoms with Gasteiger partial charge in [0.15, 0.2) is 6.61 Å². The number of nitrogens with zero attached hydrogens (tertiary/aromatic N) is 1. The van der Waals surface area contributed by atoms with Crippen molar-refractivity contribution in [2.75, 3.05) is 20.7 Å². The predicted octanol–water partition coefficient (Wildman–Crippen LogP) is 2.33. The molecule has 8 heteroatoms. The number of sulfonamides is 1. The van der Waals surface area contributed by atoms with E-state index < -0.39 is 10.0 Å². The van der Waals surface area contributed by atoms with Crippen LogP contribution in [0.4, 0.5) is 4.39 Å². The molecule has 2 aromatic rings. The second-order valence-corrected chi connectivity index (χ2v) is 8.04. The topological polar surface area (TPSA) is 75.7 Å². The van der Waals surface area contributed by atoms with Crippen LogP contribution >= 0.6 is 0 Å². The number of halogens is 1. The number of carbonyl (C=O) groups excluding carboxylic acids is 1. The molecule has 0 aliphatic rings. The van der Waals surface area contributed by atoms with E-state index in [1.165, 1.54) is 50.5 Å². The zero-order valence-electron chi connectivity index (χ0n) is 14.8. The molecular formula is C18H21FN2O4S. The second-order valence-electron chi connectivity index (χ2n) is 5.89. The Bertz CT molecular complexity index is 850. The molecule has 140 valence electrons. The van der Waals surface area contributed by atoms with Crippen LogP contribution in [-0.4, -0.2) is 39.3 Å². The van der Waals surface area contributed by atoms with Crippen molar-refractivity contribution in [1.82, 2.24) is 9.62 Å². The zero-order chi connectivity index (χ0) is 19.3. The summed E-state index contributed by atoms with van der Waals surface area (Å²) in [6.45, 7) is 1.57. The van der Waals surface area contributed by atoms with Gasteiger partial charge in [-0.15, -0.1) is 0 Å². The van der Waals surface area contributed by atoms with Crippen molar-refractivity contribution in [2.24, 2.45) is 0 Å². The lowest BCUT2D eigenvalue weighted by molar-refractivity contribution is -0.123. The maximum absolute atomic E-state index is 12.9. The van der Waals surface area contributed by atoms with Crippen molar-refractivity contribution < 1.29 is 22.3 Å². The highest BCUT2D eigenvalue weighted by molar-refractivity contribution is 7.89. The summed E-state index contributed by atoms with van der Waals surface area (Å²) in [5.74, 6) is -0.297. The number of rotatable bonds is 7. The van der Waals surface area contributed by atoms with Crippen LogP contribution in [0.1, 0.15) is 18.5 Å². The van der Waals surface area contributed by atoms with Crippen LogP contribution in [-0.2, 0) is 14.8 Å². The molecule has 0 heterocycles. The van der Waals surface area contributed by atoms with E-state index in [-0.39, 0.29) is 29.3 Å². The molecule has 2 aromatic carbocycles. The van der Waals surface area contributed by atoms with Crippen molar-refractivity contribution in [3.05, 3.63) is 59.9 Å². The van der Waals surface area contributed by atoms with Crippen LogP contribution in [0.25, 0.3) is 0 Å². The van der Waals surface area contributed by atoms with Crippen LogP contribution < -0.4 is 10.1 Å². The average molecular weight is 380 g/mol. The molecule has 0 aliphatic carbocycles. The number of carbonyl (C=O) groups is 1. The molecule has 0 bridgehead atoms. The minimum Gasteiger partial charge on any atom is -0.484 e. The minimum absolute atomic E-state index is 0.143. The van der Waals surface area contributed by atoms with Crippen molar-refractivity contribution in [3.63, 3.8) is 0 Å². The smallest absolute Gasteiger partial charge is 0.258 e. The van der Waals surface area contributed by atoms with Crippen molar-refractivity contribution in [3.8, 4) is 5.75 Å². The predicted molar refractivity (Wildman–Crippen MR) is 95.8 cm³/mol. The molecule has 0 fully saturated rings. The molecule has 1 amide bonds. The molecule has 6 nitrogen and oxygen atoms in total. The van der Waals surface area contributed by atoms with Crippen LogP contribution in [0.5, 0.6) is 5.75 Å². The van der Waals surface area contributed by atoms with E-state index in [1.807, 2.05) is 0 Å². The fraction of sp³-hybridized carbons (Fsp3) is 0.278. The maximum Gasteiger partial charge on any atom is 0.258 e. The summed E-state index contributed by atoms with van der Waals surface area (Å²) in [6.07, 6.45) is 0. The Morgan fingerprint density at radius 1 is 1.12 bits per heavy atom. The molecule has 0 aliphatic heterocycles. The molecule has 0 spiro atoms. The molecule has 2 rings (SSSR count). The summed E-state index contributed by atoms with van der Waals surface area (Å²) in [6, 6.07) is 11.4. The molecule has 0 aromatic heterocycles. The minimum atomic E-state index is -3.50. The average Bonchev–Trinajstić information content (AvgIpc) is 2.60. The first-order valence-electron chi connectivity index (χ1n) is 7.90. The Hall–Kier alpha value is -2.45. The van der Waals surface area contributed by atoms with Gasteiger partial charge in [0.1, 0.15) is 11.6 Å². The first-order chi connectivity index (χ1) is 12.2. The Labute approximate surface area is 152 Å². The van der Waals surface area contributed by atoms with E-state index in [9.17, 15) is 17.6 Å². The van der Waals surface area contributed by atoms with Gasteiger partial charge in [-0.25, -0.2) is 17.1 Å². The number of ether oxygens (including phenoxy) is 1. The summed E-state index contributed by atoms with van der Waals surface area (Å²) in [4.78, 5) is 12.1. The van der Waals surface area contributed by atoms with Gasteiger partial charge in [0.2, 0.25) is 10.0 Å². The number of hydrogen-bond acceptors (Lipinski definition) is 4. The number of nitrogens with one attached hydrogen (secondary N) is 1. The molecule has 0 saturated carbocycles. The lowest BCUT2D eigenvalue weighted by atomic mass is 10.1. The van der Waals surface area contributed by atoms with Crippen molar-refractivity contribution in [1.29, 1.82) is 0 Å². The molecule has 1 unspecified atom stereocenters. The number of hydrogen-bond donors (Lipinski definition) is 1. The second kappa shape index (κ2) is 8.29. The number of benzene rings is 2. The van der Waals surface area contributed by atoms with Crippen LogP contribution in [0.3, 0.4) is 0 Å². The van der Waals surface area contributed by atoms with Crippen molar-refractivity contribution >= 4 is 15.9 Å². The summed E-state index contributed by atoms with van der Waals surface area (Å²) >= 11 is 0. The summed E-state index contributed by atoms with van der Waals surface area (Å²) < 4.78 is 43.4. The SMILES string of the molecule is CC(NC(=O)COc1ccc(S(=O)(=O)N(C)C)cc1)c1ccc(F)cc1. The van der Waals surface area contributed by atoms with Gasteiger partial charge in [-0.2, -0.15) is 0 Å². The molecule has 0 radical (unpaired) electrons. The lowest BCUT2D eigenvalue weighted by Gasteiger charge is -2.15. The van der Waals surface area contributed by atoms with Gasteiger partial charge in [0.05, 0.1) is 10.9 Å². The largest absolute Gasteiger partial charge is 0.484 e. The molecular weight excluding hydrogens is 359 g/mol. The maximum atomic E-state index is 12.9. The van der Waals surface area contributed by atoms with Gasteiger partial charge in [0, 0.05) is 14.1 Å². The van der Waals surface area contributed by atoms with Crippen LogP contribution in [0, 0.1) is 5.82 Å². The van der Waals surface area contributed by atoms with E-state index >= 15 is 0 Å². The Kier molecular flexibility index (Phi) is 6.33. The highest BCUT2D eigenvalue weighted by Crippen LogP contribution is 2.18. The third-order valence-electron chi connectivity index (χ3n) is 3.72. The summed E-state index contributed by atoms with van der Waals surface area (Å²) in [7, 11) is -0.601. The summed E-state index contributed by atoms with van der Waals surface area (Å²) in [5, 5.41) is 2.75. The Morgan fingerprint density at radius 3 is 2.23 bits per heavy atom. The van der Waals surface area contributed by atoms with Gasteiger partial charge < -0.3 is 10.1 Å². The standard InChI is InChI=1S/C18H21FN2O4S/c1-13(14-4-6-15(19)7-5-14)20-18(22)12-25-16-8-10-17(11-9-16)26(23,24)21(2)3/h4-11,13H,12H2,1-3H3,(H,20,22). The van der Waals surface area contributed by atoms with E-state index in [2.05, 4.69) is 5.32 Å². The highest BCUT2D eigenvalue weighted by Gasteiger charge is 2.17. The van der Waals surface area contributed by atoms with Crippen LogP contribution in [0.2, 0.25) is 0 Å². The molecule has 26 heavy (non-hydrogen) atoms. The molecule has 0 saturated heterocycles. The fourth-order valence-corrected chi connectivity index (χ4v) is 3.09. The Morgan fingerprint density at radius 2 is 1.69 bits per heavy atom. The first kappa shape index (κ1) is 19.9. The third-order valence-corrected chi connectivity index (χ3v) is 5.55. The van der Waals surface area contributed by atoms with E-state index in [0.717, 1.165) is 9.87 Å². The highest BCUT2D eigenvalue weighted by atomic mass is 32.2. The number of amides is 1. The van der Waals surface area contributed by atoms with Gasteiger partial charge >= 0.3 is 0 Å². The van der Waals surface area contributed by atoms with Crippen LogP contribution in [0.15, 0.2) is 53.4 Å². The quantitative estimate of drug-likeness (QED) is 0.800. The van der Waals surface area contributed by atoms with E-state index in [0.29, 0.717) is 5.75 Å². The lowest BCUT2D eigenvalue weighted by Crippen LogP contribution is -2.31. The summed E-state index contributed by atoms with van der Waals surface area (Å²) in [5.41, 5.74) is 0.776. The normalized spacial score (nSPS) is 12.7. The molecule has 1 atom stereocenters. The van der Waals surface area contributed by atoms with E-state index in [1.54, 1.807) is 19.1 Å². The van der Waals surface area contributed by atoms with Crippen molar-refractivity contribution in [2.45, 2.75) is 17.9 Å². The Balaban J connectivity index is 1.90. The monoisotopic (exact) mass is 380 g/mol. The fourth-order valence-electron chi connectivity index (χ4n) is 2.19. The molecule has 1 N–H and O–H groups in total. The third kappa shape index (κ3) is 5.03. The zero-order valence-corrected chi connectivity index (χ0v) is 15.6.